The first-order valence-corrected chi connectivity index (χ1v) is 8.14. The third kappa shape index (κ3) is 3.12. The number of ketones is 1. The van der Waals surface area contributed by atoms with Crippen molar-refractivity contribution in [1.82, 2.24) is 0 Å². The van der Waals surface area contributed by atoms with Crippen molar-refractivity contribution < 1.29 is 14.7 Å². The molecule has 3 nitrogen and oxygen atoms in total. The number of benzene rings is 1. The van der Waals surface area contributed by atoms with Crippen LogP contribution < -0.4 is 0 Å². The second-order valence-electron chi connectivity index (χ2n) is 6.03. The van der Waals surface area contributed by atoms with Gasteiger partial charge in [-0.15, -0.1) is 11.3 Å². The zero-order valence-electron chi connectivity index (χ0n) is 13.0. The van der Waals surface area contributed by atoms with Gasteiger partial charge in [0.25, 0.3) is 0 Å². The predicted molar refractivity (Wildman–Crippen MR) is 88.6 cm³/mol. The largest absolute Gasteiger partial charge is 0.480 e. The number of carboxylic acid groups (broad SMARTS) is 1. The fraction of sp³-hybridized carbons (Fsp3) is 0.333. The van der Waals surface area contributed by atoms with E-state index in [0.29, 0.717) is 16.4 Å². The number of rotatable bonds is 6. The molecule has 0 aliphatic carbocycles. The number of hydrogen-bond donors (Lipinski definition) is 1. The zero-order chi connectivity index (χ0) is 16.3. The Morgan fingerprint density at radius 2 is 1.82 bits per heavy atom. The maximum atomic E-state index is 12.7. The average molecular weight is 316 g/mol. The molecule has 1 N–H and O–H groups in total. The van der Waals surface area contributed by atoms with Gasteiger partial charge in [0.1, 0.15) is 0 Å². The lowest BCUT2D eigenvalue weighted by Gasteiger charge is -2.23. The molecule has 0 bridgehead atoms. The second-order valence-corrected chi connectivity index (χ2v) is 6.98. The number of aliphatic carboxylic acids is 1. The van der Waals surface area contributed by atoms with E-state index in [0.717, 1.165) is 12.0 Å². The molecule has 1 unspecified atom stereocenters. The van der Waals surface area contributed by atoms with E-state index in [2.05, 4.69) is 13.8 Å². The highest BCUT2D eigenvalue weighted by atomic mass is 32.1. The molecule has 0 amide bonds. The molecule has 0 saturated carbocycles. The molecule has 4 heteroatoms. The van der Waals surface area contributed by atoms with Crippen LogP contribution in [0.1, 0.15) is 41.6 Å². The van der Waals surface area contributed by atoms with Crippen molar-refractivity contribution in [2.75, 3.05) is 0 Å². The highest BCUT2D eigenvalue weighted by Crippen LogP contribution is 2.31. The predicted octanol–water partition coefficient (Wildman–Crippen LogP) is 4.17. The first-order valence-electron chi connectivity index (χ1n) is 7.26. The number of hydrogen-bond acceptors (Lipinski definition) is 3. The molecular weight excluding hydrogens is 296 g/mol. The second kappa shape index (κ2) is 6.44. The summed E-state index contributed by atoms with van der Waals surface area (Å²) in [6.07, 6.45) is 0.933. The summed E-state index contributed by atoms with van der Waals surface area (Å²) in [6, 6.07) is 10.8. The number of thiophene rings is 1. The number of carboxylic acids is 1. The van der Waals surface area contributed by atoms with Gasteiger partial charge in [0.2, 0.25) is 0 Å². The molecule has 0 fully saturated rings. The van der Waals surface area contributed by atoms with Gasteiger partial charge in [-0.1, -0.05) is 44.2 Å². The Kier molecular flexibility index (Phi) is 4.81. The lowest BCUT2D eigenvalue weighted by Crippen LogP contribution is -2.40. The van der Waals surface area contributed by atoms with E-state index in [1.54, 1.807) is 29.6 Å². The summed E-state index contributed by atoms with van der Waals surface area (Å²) in [4.78, 5) is 24.9. The molecule has 1 aromatic heterocycles. The van der Waals surface area contributed by atoms with E-state index in [4.69, 9.17) is 0 Å². The number of carbonyl (C=O) groups is 2. The summed E-state index contributed by atoms with van der Waals surface area (Å²) < 4.78 is 0. The van der Waals surface area contributed by atoms with Crippen LogP contribution in [0.15, 0.2) is 41.8 Å². The van der Waals surface area contributed by atoms with Gasteiger partial charge < -0.3 is 5.11 Å². The Labute approximate surface area is 134 Å². The van der Waals surface area contributed by atoms with Gasteiger partial charge in [-0.3, -0.25) is 9.59 Å². The first-order chi connectivity index (χ1) is 10.4. The van der Waals surface area contributed by atoms with Gasteiger partial charge in [0.05, 0.1) is 4.88 Å². The van der Waals surface area contributed by atoms with Crippen molar-refractivity contribution in [3.8, 4) is 0 Å². The van der Waals surface area contributed by atoms with Crippen LogP contribution >= 0.6 is 11.3 Å². The van der Waals surface area contributed by atoms with E-state index in [1.165, 1.54) is 18.3 Å². The number of Topliss-reactive ketones (excluding diaryl/α,β-unsaturated/α-hetero) is 1. The Hall–Kier alpha value is -1.94. The van der Waals surface area contributed by atoms with Crippen molar-refractivity contribution in [2.45, 2.75) is 32.6 Å². The molecule has 0 aliphatic rings. The summed E-state index contributed by atoms with van der Waals surface area (Å²) in [5.74, 6) is -0.960. The van der Waals surface area contributed by atoms with Gasteiger partial charge >= 0.3 is 5.97 Å². The van der Waals surface area contributed by atoms with E-state index in [-0.39, 0.29) is 5.78 Å². The summed E-state index contributed by atoms with van der Waals surface area (Å²) in [7, 11) is 0. The summed E-state index contributed by atoms with van der Waals surface area (Å²) >= 11 is 1.27. The summed E-state index contributed by atoms with van der Waals surface area (Å²) in [5.41, 5.74) is 0.113. The minimum absolute atomic E-state index is 0.369. The summed E-state index contributed by atoms with van der Waals surface area (Å²) in [5, 5.41) is 11.4. The third-order valence-corrected chi connectivity index (χ3v) is 4.67. The maximum Gasteiger partial charge on any atom is 0.321 e. The highest BCUT2D eigenvalue weighted by molar-refractivity contribution is 7.12. The van der Waals surface area contributed by atoms with Gasteiger partial charge in [-0.2, -0.15) is 0 Å². The molecule has 0 saturated heterocycles. The standard InChI is InChI=1S/C18H20O3S/c1-12(2)11-13-6-8-14(9-7-13)18(3,17(20)21)16(19)15-5-4-10-22-15/h4-10,12H,11H2,1-3H3,(H,20,21). The zero-order valence-corrected chi connectivity index (χ0v) is 13.8. The van der Waals surface area contributed by atoms with Crippen LogP contribution in [0.3, 0.4) is 0 Å². The van der Waals surface area contributed by atoms with Crippen molar-refractivity contribution >= 4 is 23.1 Å². The van der Waals surface area contributed by atoms with Gasteiger partial charge in [0.15, 0.2) is 11.2 Å². The average Bonchev–Trinajstić information content (AvgIpc) is 2.99. The highest BCUT2D eigenvalue weighted by Gasteiger charge is 2.43. The quantitative estimate of drug-likeness (QED) is 0.643. The van der Waals surface area contributed by atoms with Gasteiger partial charge in [-0.05, 0) is 41.8 Å². The molecule has 0 radical (unpaired) electrons. The maximum absolute atomic E-state index is 12.7. The SMILES string of the molecule is CC(C)Cc1ccc(C(C)(C(=O)O)C(=O)c2cccs2)cc1. The Balaban J connectivity index is 2.39. The molecule has 0 aliphatic heterocycles. The van der Waals surface area contributed by atoms with Crippen LogP contribution in [0.5, 0.6) is 0 Å². The van der Waals surface area contributed by atoms with Crippen LogP contribution in [0, 0.1) is 5.92 Å². The van der Waals surface area contributed by atoms with Crippen molar-refractivity contribution in [3.05, 3.63) is 57.8 Å². The molecular formula is C18H20O3S. The third-order valence-electron chi connectivity index (χ3n) is 3.80. The fourth-order valence-corrected chi connectivity index (χ4v) is 3.22. The minimum Gasteiger partial charge on any atom is -0.480 e. The van der Waals surface area contributed by atoms with E-state index in [9.17, 15) is 14.7 Å². The Bertz CT molecular complexity index is 656. The van der Waals surface area contributed by atoms with Crippen LogP contribution in [0.25, 0.3) is 0 Å². The molecule has 1 heterocycles. The lowest BCUT2D eigenvalue weighted by atomic mass is 9.77. The van der Waals surface area contributed by atoms with Gasteiger partial charge in [0, 0.05) is 0 Å². The molecule has 2 aromatic rings. The number of carbonyl (C=O) groups excluding carboxylic acids is 1. The smallest absolute Gasteiger partial charge is 0.321 e. The Morgan fingerprint density at radius 1 is 1.18 bits per heavy atom. The lowest BCUT2D eigenvalue weighted by molar-refractivity contribution is -0.141. The topological polar surface area (TPSA) is 54.4 Å². The monoisotopic (exact) mass is 316 g/mol. The normalized spacial score (nSPS) is 13.8. The minimum atomic E-state index is -1.55. The molecule has 22 heavy (non-hydrogen) atoms. The van der Waals surface area contributed by atoms with Crippen molar-refractivity contribution in [2.24, 2.45) is 5.92 Å². The van der Waals surface area contributed by atoms with Crippen LogP contribution in [0.4, 0.5) is 0 Å². The van der Waals surface area contributed by atoms with Crippen molar-refractivity contribution in [1.29, 1.82) is 0 Å². The molecule has 1 aromatic carbocycles. The molecule has 2 rings (SSSR count). The van der Waals surface area contributed by atoms with E-state index < -0.39 is 11.4 Å². The molecule has 0 spiro atoms. The molecule has 116 valence electrons. The van der Waals surface area contributed by atoms with Crippen LogP contribution in [-0.4, -0.2) is 16.9 Å². The fourth-order valence-electron chi connectivity index (χ4n) is 2.45. The van der Waals surface area contributed by atoms with E-state index >= 15 is 0 Å². The van der Waals surface area contributed by atoms with E-state index in [1.807, 2.05) is 12.1 Å². The van der Waals surface area contributed by atoms with Crippen LogP contribution in [0.2, 0.25) is 0 Å². The molecule has 1 atom stereocenters. The van der Waals surface area contributed by atoms with Gasteiger partial charge in [-0.25, -0.2) is 0 Å². The first kappa shape index (κ1) is 16.4. The Morgan fingerprint density at radius 3 is 2.27 bits per heavy atom. The van der Waals surface area contributed by atoms with Crippen molar-refractivity contribution in [3.63, 3.8) is 0 Å². The summed E-state index contributed by atoms with van der Waals surface area (Å²) in [6.45, 7) is 5.75. The van der Waals surface area contributed by atoms with Crippen LogP contribution in [-0.2, 0) is 16.6 Å².